The summed E-state index contributed by atoms with van der Waals surface area (Å²) in [6, 6.07) is 41.5. The summed E-state index contributed by atoms with van der Waals surface area (Å²) in [5.41, 5.74) is 0.0471. The van der Waals surface area contributed by atoms with Crippen molar-refractivity contribution in [2.75, 3.05) is 5.73 Å². The van der Waals surface area contributed by atoms with Gasteiger partial charge in [-0.05, 0) is 17.5 Å². The number of carbonyl (C=O) groups excluding carboxylic acids is 3. The number of hydrogen-bond acceptors (Lipinski definition) is 13. The summed E-state index contributed by atoms with van der Waals surface area (Å²) < 4.78 is 80.3. The molecule has 8 rings (SSSR count). The molecule has 6 aromatic rings. The maximum Gasteiger partial charge on any atom is 0.534 e. The zero-order valence-electron chi connectivity index (χ0n) is 33.2. The first kappa shape index (κ1) is 43.3. The van der Waals surface area contributed by atoms with Gasteiger partial charge in [0.1, 0.15) is 6.04 Å². The summed E-state index contributed by atoms with van der Waals surface area (Å²) in [6.45, 7) is 0. The van der Waals surface area contributed by atoms with Gasteiger partial charge >= 0.3 is 21.6 Å². The molecule has 5 aromatic carbocycles. The molecule has 0 unspecified atom stereocenters. The number of benzene rings is 5. The molecular formula is C45H35F3N6O8S2. The van der Waals surface area contributed by atoms with Gasteiger partial charge in [-0.3, -0.25) is 14.5 Å². The number of allylic oxidation sites excluding steroid dienone is 1. The maximum atomic E-state index is 14.4. The number of β-lactam (4-membered cyclic amide) rings is 1. The third-order valence-corrected chi connectivity index (χ3v) is 12.0. The number of oxime groups is 1. The summed E-state index contributed by atoms with van der Waals surface area (Å²) in [6.07, 6.45) is -1.98. The number of amides is 2. The van der Waals surface area contributed by atoms with Crippen molar-refractivity contribution in [2.24, 2.45) is 5.16 Å². The van der Waals surface area contributed by atoms with E-state index < -0.39 is 80.8 Å². The van der Waals surface area contributed by atoms with Crippen molar-refractivity contribution in [3.05, 3.63) is 197 Å². The molecule has 1 aromatic heterocycles. The van der Waals surface area contributed by atoms with Gasteiger partial charge in [0.25, 0.3) is 11.8 Å². The van der Waals surface area contributed by atoms with Crippen LogP contribution < -0.4 is 11.1 Å². The number of fused-ring (bicyclic) bond motifs is 1. The molecule has 1 fully saturated rings. The van der Waals surface area contributed by atoms with Crippen molar-refractivity contribution in [3.63, 3.8) is 0 Å². The SMILES string of the molecule is Nc1nc(/C(=N\OC(c2ccccc2)(c2ccccc2)c2ccccc2)C(=O)N[C@@H]2C(=O)N3C(C(=O)OC(c4ccccc4)c4ccccc4)=C(OS(=O)(=O)C(F)(F)F)CC[C@H]23)ns1. The first-order valence-corrected chi connectivity index (χ1v) is 21.7. The molecule has 0 aliphatic carbocycles. The van der Waals surface area contributed by atoms with Crippen molar-refractivity contribution < 1.29 is 49.7 Å². The molecule has 64 heavy (non-hydrogen) atoms. The van der Waals surface area contributed by atoms with Gasteiger partial charge in [0.15, 0.2) is 22.7 Å². The fourth-order valence-corrected chi connectivity index (χ4v) is 8.50. The molecule has 2 atom stereocenters. The predicted molar refractivity (Wildman–Crippen MR) is 227 cm³/mol. The van der Waals surface area contributed by atoms with Crippen LogP contribution in [0.4, 0.5) is 18.3 Å². The van der Waals surface area contributed by atoms with E-state index in [0.717, 1.165) is 16.4 Å². The van der Waals surface area contributed by atoms with E-state index in [9.17, 15) is 36.0 Å². The molecule has 0 radical (unpaired) electrons. The van der Waals surface area contributed by atoms with Crippen LogP contribution in [0.5, 0.6) is 0 Å². The standard InChI is InChI=1S/C45H35F3N6O8S2/c46-45(47,48)64(58,59)61-34-27-26-33-35(41(56)54(33)37(34)42(57)60-38(28-16-6-1-7-17-28)29-18-8-2-9-19-29)50-40(55)36(39-51-43(49)63-53-39)52-62-44(30-20-10-3-11-21-30,31-22-12-4-13-23-31)32-24-14-5-15-25-32/h1-25,33,35,38H,26-27H2,(H,50,55)(H2,49,51,53)/b52-36+/t33-,35+/m1/s1. The molecule has 0 saturated carbocycles. The number of nitrogens with two attached hydrogens (primary N) is 1. The normalized spacial score (nSPS) is 16.7. The van der Waals surface area contributed by atoms with Crippen LogP contribution in [0.3, 0.4) is 0 Å². The van der Waals surface area contributed by atoms with E-state index in [4.69, 9.17) is 15.3 Å². The van der Waals surface area contributed by atoms with E-state index >= 15 is 0 Å². The second kappa shape index (κ2) is 17.8. The number of alkyl halides is 3. The zero-order valence-corrected chi connectivity index (χ0v) is 34.8. The molecule has 2 aliphatic heterocycles. The fourth-order valence-electron chi connectivity index (χ4n) is 7.54. The Labute approximate surface area is 368 Å². The first-order chi connectivity index (χ1) is 30.8. The Bertz CT molecular complexity index is 2700. The monoisotopic (exact) mass is 908 g/mol. The minimum atomic E-state index is -6.31. The van der Waals surface area contributed by atoms with Crippen LogP contribution in [0.15, 0.2) is 168 Å². The van der Waals surface area contributed by atoms with Gasteiger partial charge < -0.3 is 24.8 Å². The highest BCUT2D eigenvalue weighted by atomic mass is 32.2. The quantitative estimate of drug-likeness (QED) is 0.0224. The molecule has 1 saturated heterocycles. The molecule has 0 bridgehead atoms. The van der Waals surface area contributed by atoms with E-state index in [2.05, 4.69) is 24.0 Å². The highest BCUT2D eigenvalue weighted by molar-refractivity contribution is 7.87. The number of ether oxygens (including phenoxy) is 1. The average molecular weight is 909 g/mol. The number of nitrogen functional groups attached to an aromatic ring is 1. The summed E-state index contributed by atoms with van der Waals surface area (Å²) in [5, 5.41) is 6.96. The lowest BCUT2D eigenvalue weighted by Crippen LogP contribution is -2.72. The van der Waals surface area contributed by atoms with E-state index in [1.165, 1.54) is 0 Å². The molecule has 326 valence electrons. The highest BCUT2D eigenvalue weighted by Crippen LogP contribution is 2.43. The minimum absolute atomic E-state index is 0.0203. The van der Waals surface area contributed by atoms with Crippen molar-refractivity contribution >= 4 is 50.3 Å². The Balaban J connectivity index is 1.14. The summed E-state index contributed by atoms with van der Waals surface area (Å²) in [7, 11) is -6.31. The van der Waals surface area contributed by atoms with Crippen LogP contribution in [-0.2, 0) is 43.9 Å². The number of aromatic nitrogens is 2. The molecule has 2 aliphatic rings. The molecule has 19 heteroatoms. The van der Waals surface area contributed by atoms with Crippen LogP contribution in [0.1, 0.15) is 52.6 Å². The van der Waals surface area contributed by atoms with E-state index in [1.54, 1.807) is 60.7 Å². The van der Waals surface area contributed by atoms with Gasteiger partial charge in [0.05, 0.1) is 6.04 Å². The van der Waals surface area contributed by atoms with Gasteiger partial charge in [0.2, 0.25) is 17.1 Å². The third kappa shape index (κ3) is 8.41. The number of nitrogens with one attached hydrogen (secondary N) is 1. The Kier molecular flexibility index (Phi) is 12.0. The smallest absolute Gasteiger partial charge is 0.448 e. The van der Waals surface area contributed by atoms with Gasteiger partial charge in [-0.1, -0.05) is 157 Å². The zero-order chi connectivity index (χ0) is 45.1. The highest BCUT2D eigenvalue weighted by Gasteiger charge is 2.57. The molecule has 14 nitrogen and oxygen atoms in total. The van der Waals surface area contributed by atoms with Gasteiger partial charge in [-0.2, -0.15) is 30.9 Å². The molecule has 0 spiro atoms. The number of rotatable bonds is 14. The lowest BCUT2D eigenvalue weighted by molar-refractivity contribution is -0.159. The first-order valence-electron chi connectivity index (χ1n) is 19.5. The van der Waals surface area contributed by atoms with Crippen LogP contribution in [-0.4, -0.2) is 63.8 Å². The summed E-state index contributed by atoms with van der Waals surface area (Å²) in [5.74, 6) is -4.58. The maximum absolute atomic E-state index is 14.4. The number of esters is 1. The topological polar surface area (TPSA) is 192 Å². The summed E-state index contributed by atoms with van der Waals surface area (Å²) in [4.78, 5) is 54.2. The summed E-state index contributed by atoms with van der Waals surface area (Å²) >= 11 is 0.766. The fraction of sp³-hybridized carbons (Fsp3) is 0.156. The second-order valence-electron chi connectivity index (χ2n) is 14.4. The lowest BCUT2D eigenvalue weighted by atomic mass is 9.80. The Morgan fingerprint density at radius 3 is 1.73 bits per heavy atom. The molecule has 3 N–H and O–H groups in total. The van der Waals surface area contributed by atoms with Crippen molar-refractivity contribution in [1.82, 2.24) is 19.6 Å². The number of halogens is 3. The predicted octanol–water partition coefficient (Wildman–Crippen LogP) is 6.73. The number of nitrogens with zero attached hydrogens (tertiary/aromatic N) is 4. The van der Waals surface area contributed by atoms with E-state index in [-0.39, 0.29) is 17.4 Å². The Morgan fingerprint density at radius 1 is 0.797 bits per heavy atom. The lowest BCUT2D eigenvalue weighted by Gasteiger charge is -2.49. The van der Waals surface area contributed by atoms with Crippen LogP contribution >= 0.6 is 11.5 Å². The Morgan fingerprint density at radius 2 is 1.28 bits per heavy atom. The second-order valence-corrected chi connectivity index (χ2v) is 16.7. The molecular weight excluding hydrogens is 874 g/mol. The Hall–Kier alpha value is -7.38. The van der Waals surface area contributed by atoms with Crippen LogP contribution in [0, 0.1) is 0 Å². The largest absolute Gasteiger partial charge is 0.534 e. The number of hydrogen-bond donors (Lipinski definition) is 2. The minimum Gasteiger partial charge on any atom is -0.448 e. The van der Waals surface area contributed by atoms with Crippen molar-refractivity contribution in [2.45, 2.75) is 42.1 Å². The number of carbonyl (C=O) groups is 3. The average Bonchev–Trinajstić information content (AvgIpc) is 3.74. The third-order valence-electron chi connectivity index (χ3n) is 10.5. The molecule has 3 heterocycles. The van der Waals surface area contributed by atoms with Gasteiger partial charge in [-0.25, -0.2) is 4.79 Å². The van der Waals surface area contributed by atoms with Crippen molar-refractivity contribution in [1.29, 1.82) is 0 Å². The van der Waals surface area contributed by atoms with Crippen LogP contribution in [0.2, 0.25) is 0 Å². The molecule has 2 amide bonds. The van der Waals surface area contributed by atoms with Gasteiger partial charge in [0, 0.05) is 34.6 Å². The van der Waals surface area contributed by atoms with E-state index in [1.807, 2.05) is 91.0 Å². The van der Waals surface area contributed by atoms with Crippen molar-refractivity contribution in [3.8, 4) is 0 Å². The number of anilines is 1. The van der Waals surface area contributed by atoms with Gasteiger partial charge in [-0.15, -0.1) is 0 Å². The van der Waals surface area contributed by atoms with E-state index in [0.29, 0.717) is 27.8 Å². The van der Waals surface area contributed by atoms with Crippen LogP contribution in [0.25, 0.3) is 0 Å².